The van der Waals surface area contributed by atoms with Crippen LogP contribution < -0.4 is 0 Å². The molecule has 3 aromatic rings. The molecule has 0 saturated carbocycles. The van der Waals surface area contributed by atoms with Crippen molar-refractivity contribution in [3.8, 4) is 0 Å². The van der Waals surface area contributed by atoms with Crippen LogP contribution in [0.15, 0.2) is 33.9 Å². The van der Waals surface area contributed by atoms with Crippen molar-refractivity contribution in [3.63, 3.8) is 0 Å². The Morgan fingerprint density at radius 1 is 1.29 bits per heavy atom. The predicted octanol–water partition coefficient (Wildman–Crippen LogP) is 2.55. The quantitative estimate of drug-likeness (QED) is 0.719. The molecule has 0 spiro atoms. The lowest BCUT2D eigenvalue weighted by molar-refractivity contribution is 0.389. The molecule has 0 aliphatic carbocycles. The lowest BCUT2D eigenvalue weighted by Crippen LogP contribution is -1.84. The first-order valence-corrected chi connectivity index (χ1v) is 6.16. The van der Waals surface area contributed by atoms with Gasteiger partial charge in [-0.2, -0.15) is 4.98 Å². The molecule has 0 bridgehead atoms. The third-order valence-corrected chi connectivity index (χ3v) is 3.14. The van der Waals surface area contributed by atoms with E-state index in [1.165, 1.54) is 0 Å². The van der Waals surface area contributed by atoms with Gasteiger partial charge < -0.3 is 9.51 Å². The van der Waals surface area contributed by atoms with Gasteiger partial charge in [0.25, 0.3) is 0 Å². The fourth-order valence-corrected chi connectivity index (χ4v) is 2.26. The van der Waals surface area contributed by atoms with E-state index in [1.54, 1.807) is 18.7 Å². The maximum Gasteiger partial charge on any atom is 0.223 e. The van der Waals surface area contributed by atoms with Crippen molar-refractivity contribution in [1.82, 2.24) is 20.1 Å². The van der Waals surface area contributed by atoms with Crippen molar-refractivity contribution in [2.24, 2.45) is 0 Å². The first-order chi connectivity index (χ1) is 8.31. The third-order valence-electron chi connectivity index (χ3n) is 2.28. The number of imidazole rings is 1. The number of nitrogens with one attached hydrogen (secondary N) is 1. The normalized spacial score (nSPS) is 11.1. The fraction of sp³-hybridized carbons (Fsp3) is 0.182. The van der Waals surface area contributed by atoms with Crippen molar-refractivity contribution in [2.75, 3.05) is 0 Å². The summed E-state index contributed by atoms with van der Waals surface area (Å²) in [5.74, 6) is 1.93. The highest BCUT2D eigenvalue weighted by atomic mass is 32.2. The summed E-state index contributed by atoms with van der Waals surface area (Å²) in [7, 11) is 0. The molecule has 5 nitrogen and oxygen atoms in total. The number of para-hydroxylation sites is 2. The minimum Gasteiger partial charge on any atom is -0.340 e. The van der Waals surface area contributed by atoms with E-state index in [1.807, 2.05) is 24.3 Å². The smallest absolute Gasteiger partial charge is 0.223 e. The predicted molar refractivity (Wildman–Crippen MR) is 64.7 cm³/mol. The minimum absolute atomic E-state index is 0.588. The number of fused-ring (bicyclic) bond motifs is 1. The summed E-state index contributed by atoms with van der Waals surface area (Å²) in [5, 5.41) is 4.71. The average Bonchev–Trinajstić information content (AvgIpc) is 2.91. The molecular weight excluding hydrogens is 236 g/mol. The Balaban J connectivity index is 1.76. The molecule has 0 fully saturated rings. The number of hydrogen-bond acceptors (Lipinski definition) is 5. The Morgan fingerprint density at radius 2 is 2.18 bits per heavy atom. The van der Waals surface area contributed by atoms with Gasteiger partial charge in [-0.25, -0.2) is 4.98 Å². The van der Waals surface area contributed by atoms with Crippen molar-refractivity contribution in [1.29, 1.82) is 0 Å². The van der Waals surface area contributed by atoms with Gasteiger partial charge in [0.05, 0.1) is 16.8 Å². The Hall–Kier alpha value is -1.82. The summed E-state index contributed by atoms with van der Waals surface area (Å²) in [6.07, 6.45) is 0. The van der Waals surface area contributed by atoms with E-state index in [0.29, 0.717) is 17.5 Å². The van der Waals surface area contributed by atoms with E-state index in [-0.39, 0.29) is 0 Å². The van der Waals surface area contributed by atoms with Gasteiger partial charge in [0.1, 0.15) is 0 Å². The standard InChI is InChI=1S/C11H10N4OS/c1-7-12-10(15-16-7)6-17-11-13-8-4-2-3-5-9(8)14-11/h2-5H,6H2,1H3,(H,13,14). The third kappa shape index (κ3) is 2.16. The van der Waals surface area contributed by atoms with E-state index in [9.17, 15) is 0 Å². The highest BCUT2D eigenvalue weighted by Gasteiger charge is 2.06. The lowest BCUT2D eigenvalue weighted by atomic mass is 10.3. The molecule has 86 valence electrons. The molecule has 1 aromatic carbocycles. The first-order valence-electron chi connectivity index (χ1n) is 5.18. The Kier molecular flexibility index (Phi) is 2.56. The molecule has 2 heterocycles. The van der Waals surface area contributed by atoms with Crippen LogP contribution in [-0.4, -0.2) is 20.1 Å². The van der Waals surface area contributed by atoms with E-state index in [0.717, 1.165) is 16.2 Å². The van der Waals surface area contributed by atoms with Crippen LogP contribution in [0.3, 0.4) is 0 Å². The molecule has 3 rings (SSSR count). The minimum atomic E-state index is 0.588. The van der Waals surface area contributed by atoms with Crippen LogP contribution in [0, 0.1) is 6.92 Å². The van der Waals surface area contributed by atoms with Crippen molar-refractivity contribution < 1.29 is 4.52 Å². The largest absolute Gasteiger partial charge is 0.340 e. The number of aromatic amines is 1. The van der Waals surface area contributed by atoms with Crippen LogP contribution in [0.4, 0.5) is 0 Å². The first kappa shape index (κ1) is 10.3. The summed E-state index contributed by atoms with van der Waals surface area (Å²) in [6, 6.07) is 7.94. The molecule has 0 amide bonds. The highest BCUT2D eigenvalue weighted by molar-refractivity contribution is 7.98. The zero-order valence-corrected chi connectivity index (χ0v) is 9.99. The maximum atomic E-state index is 4.91. The number of rotatable bonds is 3. The summed E-state index contributed by atoms with van der Waals surface area (Å²) in [5.41, 5.74) is 2.01. The lowest BCUT2D eigenvalue weighted by Gasteiger charge is -1.90. The van der Waals surface area contributed by atoms with Gasteiger partial charge in [0.15, 0.2) is 11.0 Å². The second-order valence-electron chi connectivity index (χ2n) is 3.58. The zero-order valence-electron chi connectivity index (χ0n) is 9.17. The van der Waals surface area contributed by atoms with E-state index in [2.05, 4.69) is 20.1 Å². The molecule has 17 heavy (non-hydrogen) atoms. The van der Waals surface area contributed by atoms with E-state index >= 15 is 0 Å². The van der Waals surface area contributed by atoms with Crippen LogP contribution in [0.5, 0.6) is 0 Å². The Morgan fingerprint density at radius 3 is 2.94 bits per heavy atom. The topological polar surface area (TPSA) is 67.6 Å². The second kappa shape index (κ2) is 4.21. The van der Waals surface area contributed by atoms with Crippen LogP contribution >= 0.6 is 11.8 Å². The second-order valence-corrected chi connectivity index (χ2v) is 4.54. The Labute approximate surface area is 102 Å². The molecule has 0 radical (unpaired) electrons. The van der Waals surface area contributed by atoms with Gasteiger partial charge in [-0.15, -0.1) is 0 Å². The molecule has 1 N–H and O–H groups in total. The molecular formula is C11H10N4OS. The number of hydrogen-bond donors (Lipinski definition) is 1. The molecule has 0 aliphatic rings. The number of aromatic nitrogens is 4. The number of nitrogens with zero attached hydrogens (tertiary/aromatic N) is 3. The fourth-order valence-electron chi connectivity index (χ4n) is 1.53. The molecule has 6 heteroatoms. The van der Waals surface area contributed by atoms with Gasteiger partial charge in [-0.1, -0.05) is 29.1 Å². The van der Waals surface area contributed by atoms with Crippen molar-refractivity contribution in [3.05, 3.63) is 36.0 Å². The summed E-state index contributed by atoms with van der Waals surface area (Å²) in [6.45, 7) is 1.78. The number of benzene rings is 1. The Bertz CT molecular complexity index is 613. The van der Waals surface area contributed by atoms with E-state index in [4.69, 9.17) is 4.52 Å². The van der Waals surface area contributed by atoms with Gasteiger partial charge in [-0.3, -0.25) is 0 Å². The monoisotopic (exact) mass is 246 g/mol. The molecule has 0 unspecified atom stereocenters. The van der Waals surface area contributed by atoms with Crippen molar-refractivity contribution in [2.45, 2.75) is 17.8 Å². The van der Waals surface area contributed by atoms with Crippen LogP contribution in [-0.2, 0) is 5.75 Å². The summed E-state index contributed by atoms with van der Waals surface area (Å²) < 4.78 is 4.91. The molecule has 2 aromatic heterocycles. The SMILES string of the molecule is Cc1nc(CSc2nc3ccccc3[nH]2)no1. The maximum absolute atomic E-state index is 4.91. The van der Waals surface area contributed by atoms with Gasteiger partial charge in [0, 0.05) is 6.92 Å². The highest BCUT2D eigenvalue weighted by Crippen LogP contribution is 2.21. The zero-order chi connectivity index (χ0) is 11.7. The number of thioether (sulfide) groups is 1. The van der Waals surface area contributed by atoms with Crippen LogP contribution in [0.1, 0.15) is 11.7 Å². The number of aryl methyl sites for hydroxylation is 1. The molecule has 0 aliphatic heterocycles. The van der Waals surface area contributed by atoms with Gasteiger partial charge in [-0.05, 0) is 12.1 Å². The average molecular weight is 246 g/mol. The summed E-state index contributed by atoms with van der Waals surface area (Å²) >= 11 is 1.56. The van der Waals surface area contributed by atoms with Crippen molar-refractivity contribution >= 4 is 22.8 Å². The number of H-pyrrole nitrogens is 1. The van der Waals surface area contributed by atoms with E-state index < -0.39 is 0 Å². The van der Waals surface area contributed by atoms with Gasteiger partial charge >= 0.3 is 0 Å². The summed E-state index contributed by atoms with van der Waals surface area (Å²) in [4.78, 5) is 11.8. The van der Waals surface area contributed by atoms with Crippen LogP contribution in [0.2, 0.25) is 0 Å². The molecule has 0 atom stereocenters. The van der Waals surface area contributed by atoms with Crippen LogP contribution in [0.25, 0.3) is 11.0 Å². The molecule has 0 saturated heterocycles. The van der Waals surface area contributed by atoms with Gasteiger partial charge in [0.2, 0.25) is 5.89 Å².